The summed E-state index contributed by atoms with van der Waals surface area (Å²) in [5.74, 6) is -1.08. The lowest BCUT2D eigenvalue weighted by Crippen LogP contribution is -2.28. The molecule has 0 saturated heterocycles. The summed E-state index contributed by atoms with van der Waals surface area (Å²) >= 11 is 0. The van der Waals surface area contributed by atoms with Crippen LogP contribution in [0.5, 0.6) is 0 Å². The van der Waals surface area contributed by atoms with Gasteiger partial charge in [-0.15, -0.1) is 0 Å². The van der Waals surface area contributed by atoms with E-state index in [1.165, 1.54) is 6.07 Å². The summed E-state index contributed by atoms with van der Waals surface area (Å²) in [6, 6.07) is 12.8. The number of fused-ring (bicyclic) bond motifs is 1. The Morgan fingerprint density at radius 1 is 1.22 bits per heavy atom. The van der Waals surface area contributed by atoms with Crippen molar-refractivity contribution >= 4 is 11.9 Å². The molecule has 1 aliphatic heterocycles. The Morgan fingerprint density at radius 2 is 1.91 bits per heavy atom. The quantitative estimate of drug-likeness (QED) is 0.881. The fraction of sp³-hybridized carbons (Fsp3) is 0.222. The zero-order valence-corrected chi connectivity index (χ0v) is 12.6. The Labute approximate surface area is 133 Å². The number of carbonyl (C=O) groups is 2. The molecular formula is C18H16FNO3. The molecule has 1 heterocycles. The number of nitrogens with one attached hydrogen (secondary N) is 1. The number of amides is 1. The van der Waals surface area contributed by atoms with Crippen LogP contribution in [0.2, 0.25) is 0 Å². The number of ether oxygens (including phenoxy) is 1. The number of halogens is 1. The first-order valence-corrected chi connectivity index (χ1v) is 7.40. The predicted molar refractivity (Wildman–Crippen MR) is 82.2 cm³/mol. The lowest BCUT2D eigenvalue weighted by Gasteiger charge is -2.17. The van der Waals surface area contributed by atoms with Crippen LogP contribution >= 0.6 is 0 Å². The van der Waals surface area contributed by atoms with E-state index in [0.717, 1.165) is 0 Å². The van der Waals surface area contributed by atoms with Crippen LogP contribution in [-0.4, -0.2) is 11.9 Å². The zero-order valence-electron chi connectivity index (χ0n) is 12.6. The predicted octanol–water partition coefficient (Wildman–Crippen LogP) is 3.30. The van der Waals surface area contributed by atoms with Crippen LogP contribution in [0.25, 0.3) is 0 Å². The minimum Gasteiger partial charge on any atom is -0.453 e. The van der Waals surface area contributed by atoms with Crippen LogP contribution in [0.15, 0.2) is 48.5 Å². The second-order valence-corrected chi connectivity index (χ2v) is 5.50. The summed E-state index contributed by atoms with van der Waals surface area (Å²) < 4.78 is 19.0. The topological polar surface area (TPSA) is 55.4 Å². The molecule has 3 rings (SSSR count). The summed E-state index contributed by atoms with van der Waals surface area (Å²) in [6.45, 7) is 1.71. The average molecular weight is 313 g/mol. The Morgan fingerprint density at radius 3 is 2.70 bits per heavy atom. The van der Waals surface area contributed by atoms with E-state index in [1.807, 2.05) is 0 Å². The van der Waals surface area contributed by atoms with Gasteiger partial charge in [-0.05, 0) is 19.1 Å². The molecule has 23 heavy (non-hydrogen) atoms. The zero-order chi connectivity index (χ0) is 16.4. The molecule has 0 unspecified atom stereocenters. The van der Waals surface area contributed by atoms with E-state index >= 15 is 0 Å². The highest BCUT2D eigenvalue weighted by Gasteiger charge is 2.32. The number of benzene rings is 2. The van der Waals surface area contributed by atoms with Crippen molar-refractivity contribution in [2.75, 3.05) is 0 Å². The Balaban J connectivity index is 1.67. The fourth-order valence-corrected chi connectivity index (χ4v) is 2.74. The van der Waals surface area contributed by atoms with Crippen molar-refractivity contribution in [1.29, 1.82) is 0 Å². The minimum atomic E-state index is -0.591. The average Bonchev–Trinajstić information content (AvgIpc) is 2.84. The largest absolute Gasteiger partial charge is 0.453 e. The van der Waals surface area contributed by atoms with Gasteiger partial charge in [0.25, 0.3) is 0 Å². The molecule has 118 valence electrons. The number of hydrogen-bond acceptors (Lipinski definition) is 3. The van der Waals surface area contributed by atoms with Crippen molar-refractivity contribution in [3.8, 4) is 0 Å². The van der Waals surface area contributed by atoms with Gasteiger partial charge in [0.2, 0.25) is 5.91 Å². The smallest absolute Gasteiger partial charge is 0.339 e. The molecule has 2 aromatic rings. The first kappa shape index (κ1) is 15.2. The number of hydrogen-bond donors (Lipinski definition) is 1. The monoisotopic (exact) mass is 313 g/mol. The SMILES string of the molecule is C[C@@H](NC(=O)C[C@@H]1OC(=O)c2ccccc21)c1ccccc1F. The Bertz CT molecular complexity index is 759. The van der Waals surface area contributed by atoms with Crippen molar-refractivity contribution in [2.45, 2.75) is 25.5 Å². The number of cyclic esters (lactones) is 1. The molecule has 1 amide bonds. The van der Waals surface area contributed by atoms with Gasteiger partial charge in [0.1, 0.15) is 11.9 Å². The van der Waals surface area contributed by atoms with Gasteiger partial charge in [0, 0.05) is 11.1 Å². The highest BCUT2D eigenvalue weighted by molar-refractivity contribution is 5.94. The van der Waals surface area contributed by atoms with E-state index in [-0.39, 0.29) is 18.1 Å². The second kappa shape index (κ2) is 6.20. The van der Waals surface area contributed by atoms with E-state index in [1.54, 1.807) is 49.4 Å². The first-order chi connectivity index (χ1) is 11.1. The number of carbonyl (C=O) groups excluding carboxylic acids is 2. The van der Waals surface area contributed by atoms with Crippen molar-refractivity contribution in [3.05, 3.63) is 71.0 Å². The molecule has 2 aromatic carbocycles. The molecular weight excluding hydrogens is 297 g/mol. The van der Waals surface area contributed by atoms with Gasteiger partial charge in [-0.3, -0.25) is 4.79 Å². The maximum atomic E-state index is 13.7. The van der Waals surface area contributed by atoms with E-state index in [0.29, 0.717) is 16.7 Å². The number of esters is 1. The Hall–Kier alpha value is -2.69. The van der Waals surface area contributed by atoms with Crippen molar-refractivity contribution in [3.63, 3.8) is 0 Å². The molecule has 2 atom stereocenters. The van der Waals surface area contributed by atoms with Gasteiger partial charge < -0.3 is 10.1 Å². The minimum absolute atomic E-state index is 0.0154. The fourth-order valence-electron chi connectivity index (χ4n) is 2.74. The van der Waals surface area contributed by atoms with E-state index in [2.05, 4.69) is 5.32 Å². The molecule has 0 spiro atoms. The molecule has 0 aromatic heterocycles. The van der Waals surface area contributed by atoms with Gasteiger partial charge in [-0.1, -0.05) is 36.4 Å². The van der Waals surface area contributed by atoms with Crippen LogP contribution in [0.1, 0.15) is 47.0 Å². The summed E-state index contributed by atoms with van der Waals surface area (Å²) in [5.41, 5.74) is 1.63. The standard InChI is InChI=1S/C18H16FNO3/c1-11(12-6-4-5-9-15(12)19)20-17(21)10-16-13-7-2-3-8-14(13)18(22)23-16/h2-9,11,16H,10H2,1H3,(H,20,21)/t11-,16+/m1/s1. The molecule has 0 radical (unpaired) electrons. The molecule has 4 nitrogen and oxygen atoms in total. The van der Waals surface area contributed by atoms with Crippen LogP contribution in [0, 0.1) is 5.82 Å². The van der Waals surface area contributed by atoms with Gasteiger partial charge in [-0.2, -0.15) is 0 Å². The van der Waals surface area contributed by atoms with Crippen LogP contribution in [0.3, 0.4) is 0 Å². The first-order valence-electron chi connectivity index (χ1n) is 7.40. The molecule has 0 aliphatic carbocycles. The van der Waals surface area contributed by atoms with Crippen LogP contribution in [0.4, 0.5) is 4.39 Å². The van der Waals surface area contributed by atoms with Crippen LogP contribution < -0.4 is 5.32 Å². The maximum Gasteiger partial charge on any atom is 0.339 e. The van der Waals surface area contributed by atoms with Crippen molar-refractivity contribution < 1.29 is 18.7 Å². The molecule has 0 bridgehead atoms. The molecule has 1 N–H and O–H groups in total. The highest BCUT2D eigenvalue weighted by Crippen LogP contribution is 2.32. The van der Waals surface area contributed by atoms with Crippen LogP contribution in [-0.2, 0) is 9.53 Å². The van der Waals surface area contributed by atoms with Gasteiger partial charge >= 0.3 is 5.97 Å². The van der Waals surface area contributed by atoms with E-state index in [4.69, 9.17) is 4.74 Å². The van der Waals surface area contributed by atoms with Gasteiger partial charge in [0.15, 0.2) is 0 Å². The summed E-state index contributed by atoms with van der Waals surface area (Å²) in [6.07, 6.45) is -0.576. The highest BCUT2D eigenvalue weighted by atomic mass is 19.1. The Kier molecular flexibility index (Phi) is 4.10. The molecule has 1 aliphatic rings. The lowest BCUT2D eigenvalue weighted by atomic mass is 10.0. The third-order valence-electron chi connectivity index (χ3n) is 3.90. The normalized spacial score (nSPS) is 17.3. The van der Waals surface area contributed by atoms with E-state index < -0.39 is 18.1 Å². The summed E-state index contributed by atoms with van der Waals surface area (Å²) in [5, 5.41) is 2.74. The third-order valence-corrected chi connectivity index (χ3v) is 3.90. The van der Waals surface area contributed by atoms with E-state index in [9.17, 15) is 14.0 Å². The van der Waals surface area contributed by atoms with Crippen molar-refractivity contribution in [2.24, 2.45) is 0 Å². The molecule has 0 fully saturated rings. The number of rotatable bonds is 4. The van der Waals surface area contributed by atoms with Gasteiger partial charge in [-0.25, -0.2) is 9.18 Å². The summed E-state index contributed by atoms with van der Waals surface area (Å²) in [7, 11) is 0. The maximum absolute atomic E-state index is 13.7. The lowest BCUT2D eigenvalue weighted by molar-refractivity contribution is -0.123. The molecule has 0 saturated carbocycles. The molecule has 5 heteroatoms. The summed E-state index contributed by atoms with van der Waals surface area (Å²) in [4.78, 5) is 23.9. The second-order valence-electron chi connectivity index (χ2n) is 5.50. The third kappa shape index (κ3) is 3.08. The van der Waals surface area contributed by atoms with Gasteiger partial charge in [0.05, 0.1) is 18.0 Å². The van der Waals surface area contributed by atoms with Crippen molar-refractivity contribution in [1.82, 2.24) is 5.32 Å².